The Hall–Kier alpha value is -1.29. The van der Waals surface area contributed by atoms with Gasteiger partial charge in [0.05, 0.1) is 11.6 Å². The number of hydrogen-bond acceptors (Lipinski definition) is 3. The molecule has 0 aromatic carbocycles. The van der Waals surface area contributed by atoms with Crippen LogP contribution in [0.3, 0.4) is 0 Å². The van der Waals surface area contributed by atoms with E-state index in [1.807, 2.05) is 16.8 Å². The molecule has 0 amide bonds. The van der Waals surface area contributed by atoms with Gasteiger partial charge in [-0.25, -0.2) is 9.50 Å². The van der Waals surface area contributed by atoms with Crippen molar-refractivity contribution in [1.29, 1.82) is 0 Å². The van der Waals surface area contributed by atoms with E-state index in [2.05, 4.69) is 22.0 Å². The van der Waals surface area contributed by atoms with Gasteiger partial charge in [-0.15, -0.1) is 11.6 Å². The third kappa shape index (κ3) is 1.94. The fourth-order valence-electron chi connectivity index (χ4n) is 2.77. The van der Waals surface area contributed by atoms with E-state index in [9.17, 15) is 0 Å². The fourth-order valence-corrected chi connectivity index (χ4v) is 3.22. The molecule has 0 N–H and O–H groups in total. The first-order valence-electron chi connectivity index (χ1n) is 6.42. The number of nitrogens with zero attached hydrogens (tertiary/aromatic N) is 4. The van der Waals surface area contributed by atoms with Crippen molar-refractivity contribution in [3.05, 3.63) is 24.7 Å². The summed E-state index contributed by atoms with van der Waals surface area (Å²) in [6, 6.07) is 2.36. The van der Waals surface area contributed by atoms with Gasteiger partial charge in [0.25, 0.3) is 0 Å². The molecule has 0 aliphatic heterocycles. The van der Waals surface area contributed by atoms with Crippen LogP contribution in [0, 0.1) is 0 Å². The average molecular weight is 265 g/mol. The van der Waals surface area contributed by atoms with E-state index in [1.165, 1.54) is 12.8 Å². The molecule has 4 nitrogen and oxygen atoms in total. The van der Waals surface area contributed by atoms with Crippen molar-refractivity contribution >= 4 is 22.9 Å². The Morgan fingerprint density at radius 2 is 2.17 bits per heavy atom. The Kier molecular flexibility index (Phi) is 3.12. The van der Waals surface area contributed by atoms with Crippen molar-refractivity contribution in [2.75, 3.05) is 11.9 Å². The van der Waals surface area contributed by atoms with E-state index in [0.29, 0.717) is 6.04 Å². The molecule has 1 aliphatic rings. The molecular weight excluding hydrogens is 248 g/mol. The van der Waals surface area contributed by atoms with Crippen LogP contribution in [0.1, 0.15) is 25.7 Å². The summed E-state index contributed by atoms with van der Waals surface area (Å²) in [6.45, 7) is 0. The summed E-state index contributed by atoms with van der Waals surface area (Å²) in [5.41, 5.74) is 1.04. The number of aromatic nitrogens is 3. The van der Waals surface area contributed by atoms with E-state index < -0.39 is 0 Å². The van der Waals surface area contributed by atoms with Crippen LogP contribution >= 0.6 is 11.6 Å². The van der Waals surface area contributed by atoms with Gasteiger partial charge < -0.3 is 4.90 Å². The quantitative estimate of drug-likeness (QED) is 0.782. The monoisotopic (exact) mass is 264 g/mol. The summed E-state index contributed by atoms with van der Waals surface area (Å²) in [7, 11) is 2.08. The Labute approximate surface area is 112 Å². The van der Waals surface area contributed by atoms with E-state index in [4.69, 9.17) is 11.6 Å². The second-order valence-corrected chi connectivity index (χ2v) is 5.45. The highest BCUT2D eigenvalue weighted by Gasteiger charge is 2.28. The number of fused-ring (bicyclic) bond motifs is 1. The number of halogens is 1. The van der Waals surface area contributed by atoms with Crippen LogP contribution in [0.15, 0.2) is 24.7 Å². The number of hydrogen-bond donors (Lipinski definition) is 0. The van der Waals surface area contributed by atoms with Gasteiger partial charge in [-0.3, -0.25) is 0 Å². The first kappa shape index (κ1) is 11.8. The van der Waals surface area contributed by atoms with E-state index in [-0.39, 0.29) is 5.38 Å². The van der Waals surface area contributed by atoms with Crippen LogP contribution < -0.4 is 4.90 Å². The zero-order chi connectivity index (χ0) is 12.5. The Bertz CT molecular complexity index is 539. The van der Waals surface area contributed by atoms with Crippen molar-refractivity contribution in [2.45, 2.75) is 37.1 Å². The fraction of sp³-hybridized carbons (Fsp3) is 0.538. The van der Waals surface area contributed by atoms with Gasteiger partial charge in [-0.2, -0.15) is 5.10 Å². The minimum absolute atomic E-state index is 0.216. The average Bonchev–Trinajstić information content (AvgIpc) is 2.86. The Morgan fingerprint density at radius 1 is 1.33 bits per heavy atom. The van der Waals surface area contributed by atoms with Gasteiger partial charge in [0.1, 0.15) is 5.52 Å². The first-order chi connectivity index (χ1) is 8.77. The minimum atomic E-state index is 0.216. The summed E-state index contributed by atoms with van der Waals surface area (Å²) in [5, 5.41) is 4.46. The molecule has 2 aromatic heterocycles. The third-order valence-electron chi connectivity index (χ3n) is 3.78. The molecule has 1 fully saturated rings. The summed E-state index contributed by atoms with van der Waals surface area (Å²) >= 11 is 6.46. The van der Waals surface area contributed by atoms with Gasteiger partial charge in [0, 0.05) is 25.5 Å². The molecule has 1 saturated carbocycles. The molecule has 0 radical (unpaired) electrons. The topological polar surface area (TPSA) is 33.4 Å². The lowest BCUT2D eigenvalue weighted by Crippen LogP contribution is -2.41. The maximum Gasteiger partial charge on any atom is 0.154 e. The van der Waals surface area contributed by atoms with Gasteiger partial charge in [-0.1, -0.05) is 12.8 Å². The number of alkyl halides is 1. The third-order valence-corrected chi connectivity index (χ3v) is 4.29. The van der Waals surface area contributed by atoms with Crippen LogP contribution in [0.4, 0.5) is 5.82 Å². The molecule has 0 saturated heterocycles. The van der Waals surface area contributed by atoms with Gasteiger partial charge in [-0.05, 0) is 18.9 Å². The summed E-state index contributed by atoms with van der Waals surface area (Å²) in [5.74, 6) is 0.965. The molecular formula is C13H17ClN4. The lowest BCUT2D eigenvalue weighted by Gasteiger charge is -2.35. The summed E-state index contributed by atoms with van der Waals surface area (Å²) < 4.78 is 1.85. The maximum absolute atomic E-state index is 6.46. The van der Waals surface area contributed by atoms with Gasteiger partial charge in [0.2, 0.25) is 0 Å². The lowest BCUT2D eigenvalue weighted by molar-refractivity contribution is 0.433. The van der Waals surface area contributed by atoms with E-state index in [1.54, 1.807) is 12.4 Å². The standard InChI is InChI=1S/C13H17ClN4/c1-17(11-5-3-2-4-10(11)14)13-12-6-7-16-18(12)9-8-15-13/h6-11H,2-5H2,1H3. The van der Waals surface area contributed by atoms with Crippen molar-refractivity contribution in [1.82, 2.24) is 14.6 Å². The van der Waals surface area contributed by atoms with Crippen molar-refractivity contribution < 1.29 is 0 Å². The molecule has 2 unspecified atom stereocenters. The second kappa shape index (κ2) is 4.76. The van der Waals surface area contributed by atoms with Crippen LogP contribution in [-0.2, 0) is 0 Å². The van der Waals surface area contributed by atoms with Gasteiger partial charge >= 0.3 is 0 Å². The zero-order valence-corrected chi connectivity index (χ0v) is 11.2. The molecule has 5 heteroatoms. The van der Waals surface area contributed by atoms with E-state index in [0.717, 1.165) is 24.2 Å². The lowest BCUT2D eigenvalue weighted by atomic mass is 9.94. The van der Waals surface area contributed by atoms with Crippen molar-refractivity contribution in [2.24, 2.45) is 0 Å². The molecule has 2 atom stereocenters. The second-order valence-electron chi connectivity index (χ2n) is 4.89. The smallest absolute Gasteiger partial charge is 0.154 e. The van der Waals surface area contributed by atoms with E-state index >= 15 is 0 Å². The van der Waals surface area contributed by atoms with Crippen LogP contribution in [0.25, 0.3) is 5.52 Å². The largest absolute Gasteiger partial charge is 0.353 e. The van der Waals surface area contributed by atoms with Crippen molar-refractivity contribution in [3.63, 3.8) is 0 Å². The predicted molar refractivity (Wildman–Crippen MR) is 73.3 cm³/mol. The molecule has 0 bridgehead atoms. The molecule has 1 aliphatic carbocycles. The van der Waals surface area contributed by atoms with Crippen LogP contribution in [0.2, 0.25) is 0 Å². The normalized spacial score (nSPS) is 24.3. The number of rotatable bonds is 2. The summed E-state index contributed by atoms with van der Waals surface area (Å²) in [6.07, 6.45) is 10.2. The zero-order valence-electron chi connectivity index (χ0n) is 10.5. The highest BCUT2D eigenvalue weighted by atomic mass is 35.5. The Balaban J connectivity index is 1.95. The highest BCUT2D eigenvalue weighted by Crippen LogP contribution is 2.30. The Morgan fingerprint density at radius 3 is 3.00 bits per heavy atom. The number of anilines is 1. The molecule has 2 aromatic rings. The summed E-state index contributed by atoms with van der Waals surface area (Å²) in [4.78, 5) is 6.71. The molecule has 18 heavy (non-hydrogen) atoms. The molecule has 96 valence electrons. The minimum Gasteiger partial charge on any atom is -0.353 e. The van der Waals surface area contributed by atoms with Crippen molar-refractivity contribution in [3.8, 4) is 0 Å². The molecule has 3 rings (SSSR count). The molecule has 2 heterocycles. The highest BCUT2D eigenvalue weighted by molar-refractivity contribution is 6.21. The predicted octanol–water partition coefficient (Wildman–Crippen LogP) is 2.72. The van der Waals surface area contributed by atoms with Gasteiger partial charge in [0.15, 0.2) is 5.82 Å². The first-order valence-corrected chi connectivity index (χ1v) is 6.86. The van der Waals surface area contributed by atoms with Crippen LogP contribution in [-0.4, -0.2) is 33.1 Å². The van der Waals surface area contributed by atoms with Crippen LogP contribution in [0.5, 0.6) is 0 Å². The maximum atomic E-state index is 6.46. The molecule has 0 spiro atoms. The SMILES string of the molecule is CN(c1nccn2nccc12)C1CCCCC1Cl.